The van der Waals surface area contributed by atoms with E-state index in [0.717, 1.165) is 26.1 Å². The topological polar surface area (TPSA) is 29.9 Å². The Labute approximate surface area is 121 Å². The molecule has 0 saturated carbocycles. The zero-order valence-electron chi connectivity index (χ0n) is 12.2. The SMILES string of the molecule is CCNCc1ccc(Cn2cnc3c2CCCC3)cc1. The first-order chi connectivity index (χ1) is 9.86. The van der Waals surface area contributed by atoms with Gasteiger partial charge in [0.15, 0.2) is 0 Å². The molecule has 0 bridgehead atoms. The summed E-state index contributed by atoms with van der Waals surface area (Å²) >= 11 is 0. The highest BCUT2D eigenvalue weighted by atomic mass is 15.1. The number of fused-ring (bicyclic) bond motifs is 1. The molecule has 0 fully saturated rings. The van der Waals surface area contributed by atoms with Crippen LogP contribution in [0.5, 0.6) is 0 Å². The number of hydrogen-bond donors (Lipinski definition) is 1. The molecule has 0 radical (unpaired) electrons. The molecule has 1 aliphatic carbocycles. The highest BCUT2D eigenvalue weighted by Crippen LogP contribution is 2.20. The largest absolute Gasteiger partial charge is 0.330 e. The molecular formula is C17H23N3. The smallest absolute Gasteiger partial charge is 0.0954 e. The second-order valence-electron chi connectivity index (χ2n) is 5.57. The van der Waals surface area contributed by atoms with Crippen molar-refractivity contribution in [3.05, 3.63) is 53.1 Å². The van der Waals surface area contributed by atoms with E-state index in [4.69, 9.17) is 0 Å². The van der Waals surface area contributed by atoms with Crippen LogP contribution < -0.4 is 5.32 Å². The van der Waals surface area contributed by atoms with Gasteiger partial charge < -0.3 is 9.88 Å². The van der Waals surface area contributed by atoms with Crippen LogP contribution in [0, 0.1) is 0 Å². The highest BCUT2D eigenvalue weighted by Gasteiger charge is 2.14. The maximum atomic E-state index is 4.56. The first-order valence-corrected chi connectivity index (χ1v) is 7.68. The van der Waals surface area contributed by atoms with Gasteiger partial charge in [0.2, 0.25) is 0 Å². The van der Waals surface area contributed by atoms with Gasteiger partial charge in [-0.05, 0) is 43.4 Å². The Balaban J connectivity index is 1.70. The molecular weight excluding hydrogens is 246 g/mol. The monoisotopic (exact) mass is 269 g/mol. The number of rotatable bonds is 5. The molecule has 20 heavy (non-hydrogen) atoms. The third kappa shape index (κ3) is 2.93. The zero-order valence-corrected chi connectivity index (χ0v) is 12.2. The minimum Gasteiger partial charge on any atom is -0.330 e. The van der Waals surface area contributed by atoms with Crippen LogP contribution in [0.3, 0.4) is 0 Å². The first kappa shape index (κ1) is 13.4. The second-order valence-corrected chi connectivity index (χ2v) is 5.57. The summed E-state index contributed by atoms with van der Waals surface area (Å²) in [6.07, 6.45) is 6.96. The average molecular weight is 269 g/mol. The van der Waals surface area contributed by atoms with Crippen LogP contribution in [-0.4, -0.2) is 16.1 Å². The van der Waals surface area contributed by atoms with Crippen LogP contribution in [0.2, 0.25) is 0 Å². The number of imidazole rings is 1. The fourth-order valence-corrected chi connectivity index (χ4v) is 2.90. The maximum absolute atomic E-state index is 4.56. The minimum atomic E-state index is 0.948. The van der Waals surface area contributed by atoms with Crippen molar-refractivity contribution in [2.24, 2.45) is 0 Å². The van der Waals surface area contributed by atoms with Crippen molar-refractivity contribution in [1.82, 2.24) is 14.9 Å². The van der Waals surface area contributed by atoms with E-state index in [1.54, 1.807) is 0 Å². The van der Waals surface area contributed by atoms with Crippen LogP contribution >= 0.6 is 0 Å². The van der Waals surface area contributed by atoms with Crippen molar-refractivity contribution in [2.45, 2.75) is 45.7 Å². The second kappa shape index (κ2) is 6.23. The summed E-state index contributed by atoms with van der Waals surface area (Å²) in [5.74, 6) is 0. The van der Waals surface area contributed by atoms with Gasteiger partial charge in [-0.25, -0.2) is 4.98 Å². The number of nitrogens with zero attached hydrogens (tertiary/aromatic N) is 2. The molecule has 0 atom stereocenters. The Morgan fingerprint density at radius 3 is 2.65 bits per heavy atom. The fourth-order valence-electron chi connectivity index (χ4n) is 2.90. The standard InChI is InChI=1S/C17H23N3/c1-2-18-11-14-7-9-15(10-8-14)12-20-13-19-16-5-3-4-6-17(16)20/h7-10,13,18H,2-6,11-12H2,1H3. The number of hydrogen-bond acceptors (Lipinski definition) is 2. The normalized spacial score (nSPS) is 14.2. The van der Waals surface area contributed by atoms with Crippen LogP contribution in [0.1, 0.15) is 42.3 Å². The maximum Gasteiger partial charge on any atom is 0.0954 e. The molecule has 3 heteroatoms. The van der Waals surface area contributed by atoms with Crippen molar-refractivity contribution in [3.8, 4) is 0 Å². The van der Waals surface area contributed by atoms with Gasteiger partial charge in [-0.1, -0.05) is 31.2 Å². The molecule has 0 spiro atoms. The summed E-state index contributed by atoms with van der Waals surface area (Å²) in [4.78, 5) is 4.56. The molecule has 0 aliphatic heterocycles. The van der Waals surface area contributed by atoms with Crippen LogP contribution in [0.15, 0.2) is 30.6 Å². The number of aryl methyl sites for hydroxylation is 1. The third-order valence-corrected chi connectivity index (χ3v) is 4.06. The van der Waals surface area contributed by atoms with Gasteiger partial charge in [0.05, 0.1) is 12.0 Å². The van der Waals surface area contributed by atoms with E-state index >= 15 is 0 Å². The van der Waals surface area contributed by atoms with E-state index in [1.165, 1.54) is 41.8 Å². The number of aromatic nitrogens is 2. The summed E-state index contributed by atoms with van der Waals surface area (Å²) in [5.41, 5.74) is 5.48. The third-order valence-electron chi connectivity index (χ3n) is 4.06. The molecule has 3 rings (SSSR count). The average Bonchev–Trinajstić information content (AvgIpc) is 2.90. The molecule has 3 nitrogen and oxygen atoms in total. The Hall–Kier alpha value is -1.61. The lowest BCUT2D eigenvalue weighted by molar-refractivity contribution is 0.628. The molecule has 1 aromatic carbocycles. The number of nitrogens with one attached hydrogen (secondary N) is 1. The van der Waals surface area contributed by atoms with Crippen molar-refractivity contribution < 1.29 is 0 Å². The van der Waals surface area contributed by atoms with E-state index in [9.17, 15) is 0 Å². The minimum absolute atomic E-state index is 0.948. The van der Waals surface area contributed by atoms with Crippen LogP contribution in [0.4, 0.5) is 0 Å². The summed E-state index contributed by atoms with van der Waals surface area (Å²) in [6, 6.07) is 8.92. The van der Waals surface area contributed by atoms with Gasteiger partial charge in [-0.3, -0.25) is 0 Å². The van der Waals surface area contributed by atoms with Gasteiger partial charge >= 0.3 is 0 Å². The van der Waals surface area contributed by atoms with Gasteiger partial charge in [-0.15, -0.1) is 0 Å². The quantitative estimate of drug-likeness (QED) is 0.904. The fraction of sp³-hybridized carbons (Fsp3) is 0.471. The Morgan fingerprint density at radius 2 is 1.85 bits per heavy atom. The lowest BCUT2D eigenvalue weighted by Gasteiger charge is -2.14. The molecule has 0 amide bonds. The Kier molecular flexibility index (Phi) is 4.16. The predicted octanol–water partition coefficient (Wildman–Crippen LogP) is 2.92. The number of benzene rings is 1. The van der Waals surface area contributed by atoms with Gasteiger partial charge in [0, 0.05) is 18.8 Å². The summed E-state index contributed by atoms with van der Waals surface area (Å²) in [6.45, 7) is 5.06. The van der Waals surface area contributed by atoms with Crippen LogP contribution in [-0.2, 0) is 25.9 Å². The molecule has 0 unspecified atom stereocenters. The van der Waals surface area contributed by atoms with Crippen molar-refractivity contribution in [3.63, 3.8) is 0 Å². The Morgan fingerprint density at radius 1 is 1.10 bits per heavy atom. The lowest BCUT2D eigenvalue weighted by atomic mass is 10.0. The lowest BCUT2D eigenvalue weighted by Crippen LogP contribution is -2.12. The zero-order chi connectivity index (χ0) is 13.8. The summed E-state index contributed by atoms with van der Waals surface area (Å²) in [5, 5.41) is 3.36. The van der Waals surface area contributed by atoms with E-state index < -0.39 is 0 Å². The van der Waals surface area contributed by atoms with Gasteiger partial charge in [-0.2, -0.15) is 0 Å². The molecule has 2 aromatic rings. The molecule has 1 aromatic heterocycles. The predicted molar refractivity (Wildman–Crippen MR) is 81.8 cm³/mol. The van der Waals surface area contributed by atoms with Gasteiger partial charge in [0.25, 0.3) is 0 Å². The van der Waals surface area contributed by atoms with Crippen LogP contribution in [0.25, 0.3) is 0 Å². The van der Waals surface area contributed by atoms with Crippen molar-refractivity contribution in [1.29, 1.82) is 0 Å². The van der Waals surface area contributed by atoms with E-state index in [0.29, 0.717) is 0 Å². The van der Waals surface area contributed by atoms with E-state index in [2.05, 4.69) is 46.1 Å². The van der Waals surface area contributed by atoms with Crippen molar-refractivity contribution in [2.75, 3.05) is 6.54 Å². The van der Waals surface area contributed by atoms with E-state index in [-0.39, 0.29) is 0 Å². The summed E-state index contributed by atoms with van der Waals surface area (Å²) < 4.78 is 2.33. The molecule has 1 aliphatic rings. The molecule has 1 heterocycles. The van der Waals surface area contributed by atoms with E-state index in [1.807, 2.05) is 6.33 Å². The molecule has 106 valence electrons. The first-order valence-electron chi connectivity index (χ1n) is 7.68. The highest BCUT2D eigenvalue weighted by molar-refractivity contribution is 5.24. The molecule has 0 saturated heterocycles. The van der Waals surface area contributed by atoms with Crippen molar-refractivity contribution >= 4 is 0 Å². The summed E-state index contributed by atoms with van der Waals surface area (Å²) in [7, 11) is 0. The Bertz CT molecular complexity index is 554. The van der Waals surface area contributed by atoms with Gasteiger partial charge in [0.1, 0.15) is 0 Å². The molecule has 1 N–H and O–H groups in total.